The number of nitrogens with zero attached hydrogens (tertiary/aromatic N) is 4. The summed E-state index contributed by atoms with van der Waals surface area (Å²) in [4.78, 5) is 28.3. The molecular formula is C20H28N6O. The Balaban J connectivity index is 1.53. The number of carbonyl (C=O) groups excluding carboxylic acids is 1. The van der Waals surface area contributed by atoms with Gasteiger partial charge in [-0.25, -0.2) is 4.98 Å². The van der Waals surface area contributed by atoms with Gasteiger partial charge in [0, 0.05) is 27.2 Å². The highest BCUT2D eigenvalue weighted by atomic mass is 16.2. The molecule has 144 valence electrons. The van der Waals surface area contributed by atoms with Gasteiger partial charge in [0.15, 0.2) is 5.96 Å². The molecule has 1 aromatic heterocycles. The van der Waals surface area contributed by atoms with Gasteiger partial charge >= 0.3 is 0 Å². The first-order valence-electron chi connectivity index (χ1n) is 9.46. The van der Waals surface area contributed by atoms with Crippen molar-refractivity contribution in [2.75, 3.05) is 33.7 Å². The van der Waals surface area contributed by atoms with Crippen LogP contribution < -0.4 is 5.32 Å². The summed E-state index contributed by atoms with van der Waals surface area (Å²) in [6.07, 6.45) is 5.26. The minimum absolute atomic E-state index is 0.133. The highest BCUT2D eigenvalue weighted by molar-refractivity contribution is 5.86. The summed E-state index contributed by atoms with van der Waals surface area (Å²) < 4.78 is 0. The SMILES string of the molecule is CN=C(NCC(=O)N1CCCCC1)N(C)Cc1ncc(-c2ccccc2)[nH]1. The third kappa shape index (κ3) is 5.09. The lowest BCUT2D eigenvalue weighted by Crippen LogP contribution is -2.46. The number of aromatic nitrogens is 2. The molecule has 0 atom stereocenters. The lowest BCUT2D eigenvalue weighted by Gasteiger charge is -2.28. The Morgan fingerprint density at radius 3 is 2.70 bits per heavy atom. The maximum Gasteiger partial charge on any atom is 0.241 e. The van der Waals surface area contributed by atoms with Crippen molar-refractivity contribution < 1.29 is 4.79 Å². The maximum absolute atomic E-state index is 12.3. The summed E-state index contributed by atoms with van der Waals surface area (Å²) in [5, 5.41) is 3.17. The molecule has 3 rings (SSSR count). The van der Waals surface area contributed by atoms with Gasteiger partial charge in [-0.05, 0) is 24.8 Å². The molecule has 0 bridgehead atoms. The fourth-order valence-corrected chi connectivity index (χ4v) is 3.30. The molecule has 0 saturated carbocycles. The average molecular weight is 368 g/mol. The van der Waals surface area contributed by atoms with Gasteiger partial charge < -0.3 is 20.1 Å². The van der Waals surface area contributed by atoms with Crippen molar-refractivity contribution in [2.24, 2.45) is 4.99 Å². The zero-order chi connectivity index (χ0) is 19.1. The first kappa shape index (κ1) is 18.9. The molecule has 1 amide bonds. The molecule has 1 aliphatic rings. The molecule has 1 fully saturated rings. The van der Waals surface area contributed by atoms with Crippen LogP contribution in [-0.2, 0) is 11.3 Å². The van der Waals surface area contributed by atoms with Crippen molar-refractivity contribution in [3.05, 3.63) is 42.4 Å². The molecule has 0 radical (unpaired) electrons. The molecule has 1 aromatic carbocycles. The van der Waals surface area contributed by atoms with Crippen LogP contribution in [0.4, 0.5) is 0 Å². The van der Waals surface area contributed by atoms with Gasteiger partial charge in [0.25, 0.3) is 0 Å². The summed E-state index contributed by atoms with van der Waals surface area (Å²) in [6.45, 7) is 2.57. The summed E-state index contributed by atoms with van der Waals surface area (Å²) in [5.41, 5.74) is 2.09. The predicted molar refractivity (Wildman–Crippen MR) is 107 cm³/mol. The van der Waals surface area contributed by atoms with E-state index in [1.807, 2.05) is 53.4 Å². The fraction of sp³-hybridized carbons (Fsp3) is 0.450. The van der Waals surface area contributed by atoms with E-state index in [4.69, 9.17) is 0 Å². The van der Waals surface area contributed by atoms with Crippen molar-refractivity contribution in [1.82, 2.24) is 25.1 Å². The fourth-order valence-electron chi connectivity index (χ4n) is 3.30. The van der Waals surface area contributed by atoms with Gasteiger partial charge in [-0.15, -0.1) is 0 Å². The number of amides is 1. The molecule has 1 aliphatic heterocycles. The van der Waals surface area contributed by atoms with Crippen molar-refractivity contribution in [1.29, 1.82) is 0 Å². The Kier molecular flexibility index (Phi) is 6.46. The normalized spacial score (nSPS) is 14.9. The van der Waals surface area contributed by atoms with Crippen molar-refractivity contribution in [2.45, 2.75) is 25.8 Å². The number of benzene rings is 1. The van der Waals surface area contributed by atoms with Crippen LogP contribution in [0.1, 0.15) is 25.1 Å². The van der Waals surface area contributed by atoms with Gasteiger partial charge in [0.05, 0.1) is 25.0 Å². The number of likely N-dealkylation sites (tertiary alicyclic amines) is 1. The largest absolute Gasteiger partial charge is 0.347 e. The summed E-state index contributed by atoms with van der Waals surface area (Å²) >= 11 is 0. The number of piperidine rings is 1. The first-order valence-corrected chi connectivity index (χ1v) is 9.46. The number of guanidine groups is 1. The van der Waals surface area contributed by atoms with E-state index in [2.05, 4.69) is 20.3 Å². The molecular weight excluding hydrogens is 340 g/mol. The summed E-state index contributed by atoms with van der Waals surface area (Å²) in [5.74, 6) is 1.66. The zero-order valence-corrected chi connectivity index (χ0v) is 16.1. The van der Waals surface area contributed by atoms with Crippen LogP contribution >= 0.6 is 0 Å². The number of imidazole rings is 1. The van der Waals surface area contributed by atoms with E-state index in [0.29, 0.717) is 12.5 Å². The maximum atomic E-state index is 12.3. The highest BCUT2D eigenvalue weighted by Crippen LogP contribution is 2.16. The van der Waals surface area contributed by atoms with E-state index in [1.54, 1.807) is 7.05 Å². The Bertz CT molecular complexity index is 764. The Morgan fingerprint density at radius 1 is 1.26 bits per heavy atom. The Morgan fingerprint density at radius 2 is 2.00 bits per heavy atom. The average Bonchev–Trinajstić information content (AvgIpc) is 3.18. The number of H-pyrrole nitrogens is 1. The molecule has 2 aromatic rings. The van der Waals surface area contributed by atoms with Crippen LogP contribution in [-0.4, -0.2) is 65.4 Å². The topological polar surface area (TPSA) is 76.6 Å². The van der Waals surface area contributed by atoms with E-state index in [-0.39, 0.29) is 12.5 Å². The smallest absolute Gasteiger partial charge is 0.241 e. The minimum Gasteiger partial charge on any atom is -0.347 e. The highest BCUT2D eigenvalue weighted by Gasteiger charge is 2.17. The van der Waals surface area contributed by atoms with Gasteiger partial charge in [-0.3, -0.25) is 9.79 Å². The van der Waals surface area contributed by atoms with Crippen molar-refractivity contribution in [3.63, 3.8) is 0 Å². The van der Waals surface area contributed by atoms with Gasteiger partial charge in [-0.2, -0.15) is 0 Å². The molecule has 2 N–H and O–H groups in total. The minimum atomic E-state index is 0.133. The molecule has 0 aliphatic carbocycles. The molecule has 0 spiro atoms. The third-order valence-corrected chi connectivity index (χ3v) is 4.78. The lowest BCUT2D eigenvalue weighted by atomic mass is 10.1. The zero-order valence-electron chi connectivity index (χ0n) is 16.1. The summed E-state index contributed by atoms with van der Waals surface area (Å²) in [7, 11) is 3.66. The second-order valence-electron chi connectivity index (χ2n) is 6.81. The van der Waals surface area contributed by atoms with Gasteiger partial charge in [-0.1, -0.05) is 30.3 Å². The van der Waals surface area contributed by atoms with Crippen LogP contribution in [0, 0.1) is 0 Å². The lowest BCUT2D eigenvalue weighted by molar-refractivity contribution is -0.130. The first-order chi connectivity index (χ1) is 13.2. The third-order valence-electron chi connectivity index (χ3n) is 4.78. The van der Waals surface area contributed by atoms with Crippen LogP contribution in [0.2, 0.25) is 0 Å². The molecule has 27 heavy (non-hydrogen) atoms. The molecule has 1 saturated heterocycles. The predicted octanol–water partition coefficient (Wildman–Crippen LogP) is 2.10. The van der Waals surface area contributed by atoms with Crippen LogP contribution in [0.5, 0.6) is 0 Å². The van der Waals surface area contributed by atoms with E-state index < -0.39 is 0 Å². The molecule has 7 heteroatoms. The molecule has 0 unspecified atom stereocenters. The Labute approximate surface area is 160 Å². The molecule has 7 nitrogen and oxygen atoms in total. The number of aromatic amines is 1. The quantitative estimate of drug-likeness (QED) is 0.626. The summed E-state index contributed by atoms with van der Waals surface area (Å²) in [6, 6.07) is 10.1. The number of hydrogen-bond donors (Lipinski definition) is 2. The van der Waals surface area contributed by atoms with Crippen molar-refractivity contribution in [3.8, 4) is 11.3 Å². The van der Waals surface area contributed by atoms with Gasteiger partial charge in [0.2, 0.25) is 5.91 Å². The number of nitrogens with one attached hydrogen (secondary N) is 2. The standard InChI is InChI=1S/C20H28N6O/c1-21-20(23-14-19(27)26-11-7-4-8-12-26)25(2)15-18-22-13-17(24-18)16-9-5-3-6-10-16/h3,5-6,9-10,13H,4,7-8,11-12,14-15H2,1-2H3,(H,21,23)(H,22,24). The number of hydrogen-bond acceptors (Lipinski definition) is 3. The number of rotatable bonds is 5. The number of carbonyl (C=O) groups is 1. The van der Waals surface area contributed by atoms with E-state index in [1.165, 1.54) is 6.42 Å². The van der Waals surface area contributed by atoms with Gasteiger partial charge in [0.1, 0.15) is 5.82 Å². The Hall–Kier alpha value is -2.83. The van der Waals surface area contributed by atoms with Crippen LogP contribution in [0.15, 0.2) is 41.5 Å². The second kappa shape index (κ2) is 9.21. The van der Waals surface area contributed by atoms with E-state index in [9.17, 15) is 4.79 Å². The second-order valence-corrected chi connectivity index (χ2v) is 6.81. The van der Waals surface area contributed by atoms with Crippen LogP contribution in [0.3, 0.4) is 0 Å². The van der Waals surface area contributed by atoms with Crippen molar-refractivity contribution >= 4 is 11.9 Å². The molecule has 2 heterocycles. The number of aliphatic imine (C=N–C) groups is 1. The van der Waals surface area contributed by atoms with Crippen LogP contribution in [0.25, 0.3) is 11.3 Å². The monoisotopic (exact) mass is 368 g/mol. The van der Waals surface area contributed by atoms with E-state index >= 15 is 0 Å². The van der Waals surface area contributed by atoms with E-state index in [0.717, 1.165) is 43.0 Å².